The normalized spacial score (nSPS) is 21.8. The molecule has 2 aliphatic carbocycles. The number of aliphatic hydroxyl groups is 1. The van der Waals surface area contributed by atoms with E-state index in [9.17, 15) is 19.5 Å². The Morgan fingerprint density at radius 1 is 1.15 bits per heavy atom. The lowest BCUT2D eigenvalue weighted by atomic mass is 9.57. The van der Waals surface area contributed by atoms with Gasteiger partial charge in [-0.25, -0.2) is 4.79 Å². The van der Waals surface area contributed by atoms with Gasteiger partial charge >= 0.3 is 6.09 Å². The summed E-state index contributed by atoms with van der Waals surface area (Å²) < 4.78 is 4.76. The van der Waals surface area contributed by atoms with E-state index in [2.05, 4.69) is 10.6 Å². The average Bonchev–Trinajstić information content (AvgIpc) is 2.90. The molecule has 0 radical (unpaired) electrons. The summed E-state index contributed by atoms with van der Waals surface area (Å²) in [5.41, 5.74) is 7.51. The summed E-state index contributed by atoms with van der Waals surface area (Å²) in [6.45, 7) is 4.43. The molecule has 5 N–H and O–H groups in total. The van der Waals surface area contributed by atoms with Gasteiger partial charge in [0.2, 0.25) is 11.8 Å². The van der Waals surface area contributed by atoms with Gasteiger partial charge in [0.1, 0.15) is 0 Å². The molecule has 41 heavy (non-hydrogen) atoms. The standard InChI is InChI=1S/C31H48N4O5.ClH/c1-30(2,18-27(37)35-20-23(34-29(39)40-3)16-21-10-7-8-13-25(21)35)17-24(32)26(36)19-33-28(38)31(14-9-15-31)22-11-5-4-6-12-22;/h7-8,10,13,22-24,26,36H,4-6,9,11-12,14-20,32H2,1-3H3,(H,33,38)(H,34,39);1H/t23?,24-,26-;/m0./s1. The molecule has 0 bridgehead atoms. The Kier molecular flexibility index (Phi) is 11.5. The number of benzene rings is 1. The Morgan fingerprint density at radius 3 is 2.46 bits per heavy atom. The van der Waals surface area contributed by atoms with Crippen molar-refractivity contribution in [1.82, 2.24) is 10.6 Å². The van der Waals surface area contributed by atoms with Crippen molar-refractivity contribution in [3.8, 4) is 0 Å². The van der Waals surface area contributed by atoms with Crippen molar-refractivity contribution in [3.63, 3.8) is 0 Å². The number of rotatable bonds is 10. The first-order chi connectivity index (χ1) is 19.0. The lowest BCUT2D eigenvalue weighted by Crippen LogP contribution is -2.54. The summed E-state index contributed by atoms with van der Waals surface area (Å²) in [4.78, 5) is 40.4. The number of nitrogens with one attached hydrogen (secondary N) is 2. The minimum Gasteiger partial charge on any atom is -0.453 e. The van der Waals surface area contributed by atoms with E-state index in [1.807, 2.05) is 38.1 Å². The highest BCUT2D eigenvalue weighted by Crippen LogP contribution is 2.52. The van der Waals surface area contributed by atoms with Gasteiger partial charge in [0, 0.05) is 31.2 Å². The molecule has 0 saturated heterocycles. The number of para-hydroxylation sites is 1. The van der Waals surface area contributed by atoms with Gasteiger partial charge in [-0.15, -0.1) is 12.4 Å². The van der Waals surface area contributed by atoms with Crippen molar-refractivity contribution < 1.29 is 24.2 Å². The molecule has 1 aromatic rings. The van der Waals surface area contributed by atoms with Crippen molar-refractivity contribution in [2.45, 2.75) is 103 Å². The SMILES string of the molecule is COC(=O)NC1Cc2ccccc2N(C(=O)CC(C)(C)C[C@H](N)[C@@H](O)CNC(=O)C2(C3CCCCC3)CCC2)C1.Cl. The highest BCUT2D eigenvalue weighted by Gasteiger charge is 2.50. The number of hydrogen-bond donors (Lipinski definition) is 4. The number of alkyl carbamates (subject to hydrolysis) is 1. The zero-order valence-electron chi connectivity index (χ0n) is 24.8. The molecule has 0 aromatic heterocycles. The van der Waals surface area contributed by atoms with E-state index in [0.717, 1.165) is 43.4 Å². The molecule has 1 aromatic carbocycles. The minimum atomic E-state index is -0.897. The molecule has 3 amide bonds. The van der Waals surface area contributed by atoms with Gasteiger partial charge in [-0.1, -0.05) is 57.7 Å². The minimum absolute atomic E-state index is 0. The predicted octanol–water partition coefficient (Wildman–Crippen LogP) is 4.08. The number of aliphatic hydroxyl groups excluding tert-OH is 1. The molecule has 10 heteroatoms. The van der Waals surface area contributed by atoms with E-state index in [1.165, 1.54) is 26.4 Å². The van der Waals surface area contributed by atoms with Gasteiger partial charge in [-0.05, 0) is 61.5 Å². The van der Waals surface area contributed by atoms with Crippen LogP contribution in [0.4, 0.5) is 10.5 Å². The molecule has 3 aliphatic rings. The Bertz CT molecular complexity index is 1060. The number of methoxy groups -OCH3 is 1. The topological polar surface area (TPSA) is 134 Å². The van der Waals surface area contributed by atoms with E-state index in [0.29, 0.717) is 25.3 Å². The maximum atomic E-state index is 13.6. The van der Waals surface area contributed by atoms with E-state index < -0.39 is 23.7 Å². The van der Waals surface area contributed by atoms with Crippen molar-refractivity contribution in [2.24, 2.45) is 22.5 Å². The number of ether oxygens (including phenoxy) is 1. The van der Waals surface area contributed by atoms with E-state index in [1.54, 1.807) is 4.90 Å². The van der Waals surface area contributed by atoms with Crippen LogP contribution in [0.15, 0.2) is 24.3 Å². The smallest absolute Gasteiger partial charge is 0.407 e. The third-order valence-electron chi connectivity index (χ3n) is 9.43. The van der Waals surface area contributed by atoms with Crippen LogP contribution >= 0.6 is 12.4 Å². The number of carbonyl (C=O) groups is 3. The fourth-order valence-corrected chi connectivity index (χ4v) is 7.06. The molecule has 1 aliphatic heterocycles. The van der Waals surface area contributed by atoms with Gasteiger partial charge in [-0.3, -0.25) is 9.59 Å². The highest BCUT2D eigenvalue weighted by atomic mass is 35.5. The first-order valence-corrected chi connectivity index (χ1v) is 15.0. The largest absolute Gasteiger partial charge is 0.453 e. The zero-order valence-corrected chi connectivity index (χ0v) is 25.6. The first kappa shape index (κ1) is 33.1. The highest BCUT2D eigenvalue weighted by molar-refractivity contribution is 5.95. The third-order valence-corrected chi connectivity index (χ3v) is 9.43. The second-order valence-corrected chi connectivity index (χ2v) is 13.0. The third kappa shape index (κ3) is 7.93. The molecule has 2 saturated carbocycles. The summed E-state index contributed by atoms with van der Waals surface area (Å²) in [6.07, 6.45) is 8.72. The number of carbonyl (C=O) groups excluding carboxylic acids is 3. The number of nitrogens with two attached hydrogens (primary N) is 1. The fraction of sp³-hybridized carbons (Fsp3) is 0.710. The number of halogens is 1. The molecular weight excluding hydrogens is 544 g/mol. The molecule has 1 unspecified atom stereocenters. The molecule has 9 nitrogen and oxygen atoms in total. The number of anilines is 1. The van der Waals surface area contributed by atoms with Crippen LogP contribution in [0.3, 0.4) is 0 Å². The quantitative estimate of drug-likeness (QED) is 0.323. The molecule has 2 fully saturated rings. The van der Waals surface area contributed by atoms with Crippen LogP contribution in [0.25, 0.3) is 0 Å². The fourth-order valence-electron chi connectivity index (χ4n) is 7.06. The average molecular weight is 593 g/mol. The van der Waals surface area contributed by atoms with Gasteiger partial charge in [0.25, 0.3) is 0 Å². The van der Waals surface area contributed by atoms with E-state index in [4.69, 9.17) is 10.5 Å². The lowest BCUT2D eigenvalue weighted by Gasteiger charge is -2.48. The maximum absolute atomic E-state index is 13.6. The second kappa shape index (κ2) is 14.2. The Balaban J connectivity index is 0.00000462. The van der Waals surface area contributed by atoms with Gasteiger partial charge in [-0.2, -0.15) is 0 Å². The van der Waals surface area contributed by atoms with Crippen molar-refractivity contribution in [2.75, 3.05) is 25.1 Å². The lowest BCUT2D eigenvalue weighted by molar-refractivity contribution is -0.142. The van der Waals surface area contributed by atoms with Gasteiger partial charge in [0.15, 0.2) is 0 Å². The first-order valence-electron chi connectivity index (χ1n) is 15.0. The zero-order chi connectivity index (χ0) is 28.9. The maximum Gasteiger partial charge on any atom is 0.407 e. The molecule has 0 spiro atoms. The summed E-state index contributed by atoms with van der Waals surface area (Å²) in [5, 5.41) is 16.7. The summed E-state index contributed by atoms with van der Waals surface area (Å²) in [7, 11) is 1.32. The Labute approximate surface area is 250 Å². The monoisotopic (exact) mass is 592 g/mol. The van der Waals surface area contributed by atoms with Crippen molar-refractivity contribution >= 4 is 36.0 Å². The van der Waals surface area contributed by atoms with Crippen LogP contribution in [0.2, 0.25) is 0 Å². The van der Waals surface area contributed by atoms with Crippen LogP contribution in [0.1, 0.15) is 83.6 Å². The van der Waals surface area contributed by atoms with Crippen LogP contribution < -0.4 is 21.3 Å². The van der Waals surface area contributed by atoms with Crippen LogP contribution in [-0.4, -0.2) is 61.4 Å². The molecule has 1 heterocycles. The Morgan fingerprint density at radius 2 is 1.83 bits per heavy atom. The van der Waals surface area contributed by atoms with Crippen molar-refractivity contribution in [1.29, 1.82) is 0 Å². The number of amides is 3. The van der Waals surface area contributed by atoms with Crippen LogP contribution in [-0.2, 0) is 20.7 Å². The van der Waals surface area contributed by atoms with Gasteiger partial charge < -0.3 is 31.1 Å². The van der Waals surface area contributed by atoms with Crippen molar-refractivity contribution in [3.05, 3.63) is 29.8 Å². The Hall–Kier alpha value is -2.36. The summed E-state index contributed by atoms with van der Waals surface area (Å²) >= 11 is 0. The van der Waals surface area contributed by atoms with Crippen LogP contribution in [0, 0.1) is 16.7 Å². The molecule has 3 atom stereocenters. The van der Waals surface area contributed by atoms with E-state index >= 15 is 0 Å². The summed E-state index contributed by atoms with van der Waals surface area (Å²) in [6, 6.07) is 6.88. The van der Waals surface area contributed by atoms with Gasteiger partial charge in [0.05, 0.1) is 24.7 Å². The van der Waals surface area contributed by atoms with E-state index in [-0.39, 0.29) is 48.6 Å². The van der Waals surface area contributed by atoms with Crippen LogP contribution in [0.5, 0.6) is 0 Å². The summed E-state index contributed by atoms with van der Waals surface area (Å²) in [5.74, 6) is 0.460. The molecule has 4 rings (SSSR count). The number of hydrogen-bond acceptors (Lipinski definition) is 6. The predicted molar refractivity (Wildman–Crippen MR) is 162 cm³/mol. The molecular formula is C31H49ClN4O5. The second-order valence-electron chi connectivity index (χ2n) is 13.0. The number of fused-ring (bicyclic) bond motifs is 1. The molecule has 230 valence electrons. The number of nitrogens with zero attached hydrogens (tertiary/aromatic N) is 1.